The highest BCUT2D eigenvalue weighted by molar-refractivity contribution is 5.77. The number of carboxylic acid groups (broad SMARTS) is 1. The number of aliphatic carboxylic acids is 1. The van der Waals surface area contributed by atoms with Crippen molar-refractivity contribution in [2.75, 3.05) is 19.7 Å². The molecule has 1 aromatic rings. The number of piperidine rings is 1. The van der Waals surface area contributed by atoms with Crippen molar-refractivity contribution in [2.45, 2.75) is 51.6 Å². The van der Waals surface area contributed by atoms with Gasteiger partial charge in [0.2, 0.25) is 5.91 Å². The lowest BCUT2D eigenvalue weighted by atomic mass is 9.84. The van der Waals surface area contributed by atoms with Crippen LogP contribution in [0.1, 0.15) is 49.7 Å². The number of carboxylic acids is 1. The molecule has 2 aliphatic heterocycles. The van der Waals surface area contributed by atoms with Crippen LogP contribution < -0.4 is 0 Å². The van der Waals surface area contributed by atoms with Crippen molar-refractivity contribution in [3.8, 4) is 0 Å². The van der Waals surface area contributed by atoms with Gasteiger partial charge in [-0.15, -0.1) is 0 Å². The molecule has 26 heavy (non-hydrogen) atoms. The molecule has 0 aromatic heterocycles. The molecule has 2 fully saturated rings. The minimum atomic E-state index is -0.752. The normalized spacial score (nSPS) is 25.2. The molecule has 0 saturated carbocycles. The van der Waals surface area contributed by atoms with Gasteiger partial charge in [-0.3, -0.25) is 9.59 Å². The topological polar surface area (TPSA) is 66.8 Å². The first-order valence-electron chi connectivity index (χ1n) is 9.65. The molecule has 1 amide bonds. The van der Waals surface area contributed by atoms with Crippen molar-refractivity contribution >= 4 is 11.9 Å². The summed E-state index contributed by atoms with van der Waals surface area (Å²) in [5.41, 5.74) is 2.46. The molecule has 5 nitrogen and oxygen atoms in total. The molecule has 2 heterocycles. The summed E-state index contributed by atoms with van der Waals surface area (Å²) in [5.74, 6) is -0.491. The first-order valence-corrected chi connectivity index (χ1v) is 9.65. The molecule has 3 atom stereocenters. The SMILES string of the molecule is Cc1ccccc1C(C)CC(=O)N1CCC([C@@H]2OCCC2C(=O)O)CC1. The fourth-order valence-corrected chi connectivity index (χ4v) is 4.46. The number of carbonyl (C=O) groups excluding carboxylic acids is 1. The molecular weight excluding hydrogens is 330 g/mol. The number of amides is 1. The van der Waals surface area contributed by atoms with Crippen molar-refractivity contribution in [3.63, 3.8) is 0 Å². The van der Waals surface area contributed by atoms with Crippen molar-refractivity contribution in [2.24, 2.45) is 11.8 Å². The Balaban J connectivity index is 1.52. The third-order valence-electron chi connectivity index (χ3n) is 6.01. The van der Waals surface area contributed by atoms with Crippen molar-refractivity contribution < 1.29 is 19.4 Å². The minimum Gasteiger partial charge on any atom is -0.481 e. The molecule has 1 N–H and O–H groups in total. The molecule has 5 heteroatoms. The van der Waals surface area contributed by atoms with Crippen LogP contribution in [-0.2, 0) is 14.3 Å². The van der Waals surface area contributed by atoms with Crippen molar-refractivity contribution in [1.82, 2.24) is 4.90 Å². The van der Waals surface area contributed by atoms with E-state index in [-0.39, 0.29) is 29.8 Å². The van der Waals surface area contributed by atoms with E-state index in [0.717, 1.165) is 12.8 Å². The highest BCUT2D eigenvalue weighted by atomic mass is 16.5. The molecule has 2 unspecified atom stereocenters. The Morgan fingerprint density at radius 2 is 1.92 bits per heavy atom. The summed E-state index contributed by atoms with van der Waals surface area (Å²) in [5, 5.41) is 9.34. The number of aryl methyl sites for hydroxylation is 1. The second-order valence-corrected chi connectivity index (χ2v) is 7.75. The zero-order valence-corrected chi connectivity index (χ0v) is 15.7. The number of benzene rings is 1. The monoisotopic (exact) mass is 359 g/mol. The van der Waals surface area contributed by atoms with E-state index in [1.807, 2.05) is 17.0 Å². The fourth-order valence-electron chi connectivity index (χ4n) is 4.46. The summed E-state index contributed by atoms with van der Waals surface area (Å²) in [4.78, 5) is 26.0. The predicted molar refractivity (Wildman–Crippen MR) is 99.0 cm³/mol. The lowest BCUT2D eigenvalue weighted by Gasteiger charge is -2.36. The Labute approximate surface area is 155 Å². The Hall–Kier alpha value is -1.88. The molecule has 142 valence electrons. The van der Waals surface area contributed by atoms with Gasteiger partial charge in [-0.1, -0.05) is 31.2 Å². The Bertz CT molecular complexity index is 651. The molecule has 0 bridgehead atoms. The molecule has 2 aliphatic rings. The maximum Gasteiger partial charge on any atom is 0.309 e. The Kier molecular flexibility index (Phi) is 5.97. The average Bonchev–Trinajstić information content (AvgIpc) is 3.12. The molecular formula is C21H29NO4. The van der Waals surface area contributed by atoms with Gasteiger partial charge in [-0.25, -0.2) is 0 Å². The van der Waals surface area contributed by atoms with E-state index in [9.17, 15) is 14.7 Å². The van der Waals surface area contributed by atoms with Crippen LogP contribution >= 0.6 is 0 Å². The molecule has 1 aromatic carbocycles. The lowest BCUT2D eigenvalue weighted by molar-refractivity contribution is -0.146. The first-order chi connectivity index (χ1) is 12.5. The molecule has 3 rings (SSSR count). The van der Waals surface area contributed by atoms with Gasteiger partial charge in [0.15, 0.2) is 0 Å². The molecule has 2 saturated heterocycles. The van der Waals surface area contributed by atoms with Crippen LogP contribution in [0.3, 0.4) is 0 Å². The number of rotatable bonds is 5. The van der Waals surface area contributed by atoms with Gasteiger partial charge in [0, 0.05) is 26.1 Å². The Morgan fingerprint density at radius 3 is 2.58 bits per heavy atom. The second kappa shape index (κ2) is 8.21. The number of ether oxygens (including phenoxy) is 1. The van der Waals surface area contributed by atoms with Crippen LogP contribution in [0.4, 0.5) is 0 Å². The number of nitrogens with zero attached hydrogens (tertiary/aromatic N) is 1. The van der Waals surface area contributed by atoms with Gasteiger partial charge >= 0.3 is 5.97 Å². The van der Waals surface area contributed by atoms with E-state index in [4.69, 9.17) is 4.74 Å². The smallest absolute Gasteiger partial charge is 0.309 e. The van der Waals surface area contributed by atoms with Gasteiger partial charge in [0.1, 0.15) is 0 Å². The average molecular weight is 359 g/mol. The predicted octanol–water partition coefficient (Wildman–Crippen LogP) is 3.22. The third-order valence-corrected chi connectivity index (χ3v) is 6.01. The van der Waals surface area contributed by atoms with Crippen LogP contribution in [0.2, 0.25) is 0 Å². The highest BCUT2D eigenvalue weighted by Gasteiger charge is 2.40. The van der Waals surface area contributed by atoms with E-state index < -0.39 is 5.97 Å². The summed E-state index contributed by atoms with van der Waals surface area (Å²) >= 11 is 0. The summed E-state index contributed by atoms with van der Waals surface area (Å²) in [6.07, 6.45) is 2.61. The van der Waals surface area contributed by atoms with Gasteiger partial charge in [-0.05, 0) is 49.1 Å². The summed E-state index contributed by atoms with van der Waals surface area (Å²) in [6, 6.07) is 8.23. The highest BCUT2D eigenvalue weighted by Crippen LogP contribution is 2.34. The van der Waals surface area contributed by atoms with Crippen molar-refractivity contribution in [1.29, 1.82) is 0 Å². The van der Waals surface area contributed by atoms with E-state index in [2.05, 4.69) is 26.0 Å². The zero-order valence-electron chi connectivity index (χ0n) is 15.7. The number of carbonyl (C=O) groups is 2. The van der Waals surface area contributed by atoms with Gasteiger partial charge < -0.3 is 14.7 Å². The number of hydrogen-bond acceptors (Lipinski definition) is 3. The fraction of sp³-hybridized carbons (Fsp3) is 0.619. The molecule has 0 radical (unpaired) electrons. The third kappa shape index (κ3) is 4.09. The Morgan fingerprint density at radius 1 is 1.23 bits per heavy atom. The van der Waals surface area contributed by atoms with Gasteiger partial charge in [-0.2, -0.15) is 0 Å². The van der Waals surface area contributed by atoms with E-state index >= 15 is 0 Å². The van der Waals surface area contributed by atoms with Gasteiger partial charge in [0.05, 0.1) is 12.0 Å². The number of likely N-dealkylation sites (tertiary alicyclic amines) is 1. The van der Waals surface area contributed by atoms with Crippen molar-refractivity contribution in [3.05, 3.63) is 35.4 Å². The quantitative estimate of drug-likeness (QED) is 0.877. The summed E-state index contributed by atoms with van der Waals surface area (Å²) in [6.45, 7) is 6.14. The van der Waals surface area contributed by atoms with E-state index in [1.54, 1.807) is 0 Å². The maximum absolute atomic E-state index is 12.7. The molecule has 0 spiro atoms. The zero-order chi connectivity index (χ0) is 18.7. The second-order valence-electron chi connectivity index (χ2n) is 7.75. The summed E-state index contributed by atoms with van der Waals surface area (Å²) in [7, 11) is 0. The van der Waals surface area contributed by atoms with E-state index in [1.165, 1.54) is 11.1 Å². The van der Waals surface area contributed by atoms with Crippen LogP contribution in [0.15, 0.2) is 24.3 Å². The minimum absolute atomic E-state index is 0.185. The maximum atomic E-state index is 12.7. The van der Waals surface area contributed by atoms with Crippen LogP contribution in [0.5, 0.6) is 0 Å². The number of hydrogen-bond donors (Lipinski definition) is 1. The van der Waals surface area contributed by atoms with Crippen LogP contribution in [-0.4, -0.2) is 47.7 Å². The largest absolute Gasteiger partial charge is 0.481 e. The van der Waals surface area contributed by atoms with Crippen LogP contribution in [0, 0.1) is 18.8 Å². The van der Waals surface area contributed by atoms with Crippen LogP contribution in [0.25, 0.3) is 0 Å². The molecule has 0 aliphatic carbocycles. The van der Waals surface area contributed by atoms with Gasteiger partial charge in [0.25, 0.3) is 0 Å². The van der Waals surface area contributed by atoms with E-state index in [0.29, 0.717) is 32.5 Å². The lowest BCUT2D eigenvalue weighted by Crippen LogP contribution is -2.43. The first kappa shape index (κ1) is 18.9. The standard InChI is InChI=1S/C21H29NO4/c1-14-5-3-4-6-17(14)15(2)13-19(23)22-10-7-16(8-11-22)20-18(21(24)25)9-12-26-20/h3-6,15-16,18,20H,7-13H2,1-2H3,(H,24,25)/t15?,18?,20-/m0/s1. The summed E-state index contributed by atoms with van der Waals surface area (Å²) < 4.78 is 5.71.